The number of halogens is 3. The number of aliphatic hydroxyl groups excluding tert-OH is 1. The Bertz CT molecular complexity index is 579. The number of hydrogen-bond acceptors (Lipinski definition) is 3. The molecule has 1 aliphatic rings. The lowest BCUT2D eigenvalue weighted by Gasteiger charge is -2.36. The van der Waals surface area contributed by atoms with Gasteiger partial charge in [0.15, 0.2) is 0 Å². The van der Waals surface area contributed by atoms with Crippen LogP contribution >= 0.6 is 34.8 Å². The van der Waals surface area contributed by atoms with Crippen molar-refractivity contribution in [3.05, 3.63) is 27.2 Å². The van der Waals surface area contributed by atoms with Crippen molar-refractivity contribution >= 4 is 44.8 Å². The predicted molar refractivity (Wildman–Crippen MR) is 80.1 cm³/mol. The minimum Gasteiger partial charge on any atom is -0.395 e. The third-order valence-corrected chi connectivity index (χ3v) is 6.42. The Labute approximate surface area is 133 Å². The molecular formula is C12H14Cl3NO3S. The maximum absolute atomic E-state index is 12.7. The highest BCUT2D eigenvalue weighted by molar-refractivity contribution is 7.89. The van der Waals surface area contributed by atoms with Crippen LogP contribution in [0.3, 0.4) is 0 Å². The van der Waals surface area contributed by atoms with E-state index in [-0.39, 0.29) is 39.2 Å². The first kappa shape index (κ1) is 16.3. The highest BCUT2D eigenvalue weighted by Gasteiger charge is 2.36. The van der Waals surface area contributed by atoms with Crippen molar-refractivity contribution in [1.29, 1.82) is 0 Å². The van der Waals surface area contributed by atoms with Gasteiger partial charge in [-0.15, -0.1) is 0 Å². The van der Waals surface area contributed by atoms with Crippen molar-refractivity contribution in [2.75, 3.05) is 13.2 Å². The van der Waals surface area contributed by atoms with Crippen molar-refractivity contribution in [1.82, 2.24) is 4.31 Å². The van der Waals surface area contributed by atoms with E-state index in [9.17, 15) is 8.42 Å². The van der Waals surface area contributed by atoms with Crippen LogP contribution in [0.2, 0.25) is 15.1 Å². The average Bonchev–Trinajstić information content (AvgIpc) is 2.23. The smallest absolute Gasteiger partial charge is 0.246 e. The van der Waals surface area contributed by atoms with Gasteiger partial charge in [-0.2, -0.15) is 4.31 Å². The van der Waals surface area contributed by atoms with Crippen LogP contribution in [0.1, 0.15) is 19.3 Å². The summed E-state index contributed by atoms with van der Waals surface area (Å²) in [5, 5.41) is 9.36. The molecule has 0 bridgehead atoms. The maximum Gasteiger partial charge on any atom is 0.246 e. The van der Waals surface area contributed by atoms with Gasteiger partial charge in [-0.1, -0.05) is 41.2 Å². The quantitative estimate of drug-likeness (QED) is 0.879. The second kappa shape index (κ2) is 6.38. The number of rotatable bonds is 5. The van der Waals surface area contributed by atoms with E-state index in [0.717, 1.165) is 19.3 Å². The SMILES string of the molecule is O=S(=O)(c1c(Cl)cc(Cl)cc1Cl)N(CCO)C1CCC1. The van der Waals surface area contributed by atoms with E-state index in [1.165, 1.54) is 16.4 Å². The van der Waals surface area contributed by atoms with Gasteiger partial charge in [-0.25, -0.2) is 8.42 Å². The molecule has 112 valence electrons. The fourth-order valence-corrected chi connectivity index (χ4v) is 5.34. The summed E-state index contributed by atoms with van der Waals surface area (Å²) in [7, 11) is -3.85. The zero-order valence-corrected chi connectivity index (χ0v) is 13.6. The van der Waals surface area contributed by atoms with Gasteiger partial charge in [0.2, 0.25) is 10.0 Å². The van der Waals surface area contributed by atoms with Gasteiger partial charge in [0, 0.05) is 17.6 Å². The zero-order chi connectivity index (χ0) is 14.9. The van der Waals surface area contributed by atoms with E-state index in [1.807, 2.05) is 0 Å². The highest BCUT2D eigenvalue weighted by atomic mass is 35.5. The lowest BCUT2D eigenvalue weighted by atomic mass is 9.93. The van der Waals surface area contributed by atoms with Crippen molar-refractivity contribution in [3.8, 4) is 0 Å². The predicted octanol–water partition coefficient (Wildman–Crippen LogP) is 3.18. The molecule has 0 unspecified atom stereocenters. The second-order valence-corrected chi connectivity index (χ2v) is 7.70. The third-order valence-electron chi connectivity index (χ3n) is 3.33. The molecule has 0 radical (unpaired) electrons. The van der Waals surface area contributed by atoms with Gasteiger partial charge in [-0.3, -0.25) is 0 Å². The van der Waals surface area contributed by atoms with E-state index < -0.39 is 10.0 Å². The van der Waals surface area contributed by atoms with Gasteiger partial charge in [0.25, 0.3) is 0 Å². The molecule has 8 heteroatoms. The van der Waals surface area contributed by atoms with Crippen LogP contribution < -0.4 is 0 Å². The summed E-state index contributed by atoms with van der Waals surface area (Å²) in [5.41, 5.74) is 0. The van der Waals surface area contributed by atoms with Gasteiger partial charge in [0.1, 0.15) is 4.90 Å². The van der Waals surface area contributed by atoms with Crippen LogP contribution in [0.25, 0.3) is 0 Å². The Morgan fingerprint density at radius 1 is 1.20 bits per heavy atom. The molecule has 0 atom stereocenters. The number of nitrogens with zero attached hydrogens (tertiary/aromatic N) is 1. The Balaban J connectivity index is 2.47. The van der Waals surface area contributed by atoms with Crippen LogP contribution in [-0.4, -0.2) is 37.0 Å². The number of aliphatic hydroxyl groups is 1. The monoisotopic (exact) mass is 357 g/mol. The van der Waals surface area contributed by atoms with E-state index in [0.29, 0.717) is 0 Å². The zero-order valence-electron chi connectivity index (χ0n) is 10.5. The molecule has 0 heterocycles. The van der Waals surface area contributed by atoms with Gasteiger partial charge >= 0.3 is 0 Å². The summed E-state index contributed by atoms with van der Waals surface area (Å²) in [6, 6.07) is 2.59. The molecule has 1 N–H and O–H groups in total. The summed E-state index contributed by atoms with van der Waals surface area (Å²) >= 11 is 17.8. The largest absolute Gasteiger partial charge is 0.395 e. The summed E-state index contributed by atoms with van der Waals surface area (Å²) in [6.45, 7) is -0.221. The van der Waals surface area contributed by atoms with Crippen molar-refractivity contribution in [2.45, 2.75) is 30.2 Å². The molecule has 0 aromatic heterocycles. The first-order chi connectivity index (χ1) is 9.37. The molecule has 0 spiro atoms. The number of benzene rings is 1. The lowest BCUT2D eigenvalue weighted by Crippen LogP contribution is -2.45. The normalized spacial score (nSPS) is 16.4. The molecule has 4 nitrogen and oxygen atoms in total. The summed E-state index contributed by atoms with van der Waals surface area (Å²) < 4.78 is 26.7. The highest BCUT2D eigenvalue weighted by Crippen LogP contribution is 2.37. The summed E-state index contributed by atoms with van der Waals surface area (Å²) in [5.74, 6) is 0. The lowest BCUT2D eigenvalue weighted by molar-refractivity contribution is 0.178. The third kappa shape index (κ3) is 3.08. The minimum absolute atomic E-state index is 0.00948. The van der Waals surface area contributed by atoms with Crippen LogP contribution in [0.15, 0.2) is 17.0 Å². The molecule has 1 aromatic carbocycles. The number of hydrogen-bond donors (Lipinski definition) is 1. The Morgan fingerprint density at radius 2 is 1.75 bits per heavy atom. The van der Waals surface area contributed by atoms with Crippen LogP contribution in [-0.2, 0) is 10.0 Å². The second-order valence-electron chi connectivity index (χ2n) is 4.62. The molecule has 0 amide bonds. The first-order valence-corrected chi connectivity index (χ1v) is 8.72. The maximum atomic E-state index is 12.7. The molecular weight excluding hydrogens is 345 g/mol. The molecule has 2 rings (SSSR count). The van der Waals surface area contributed by atoms with Crippen molar-refractivity contribution in [3.63, 3.8) is 0 Å². The van der Waals surface area contributed by atoms with E-state index in [2.05, 4.69) is 0 Å². The van der Waals surface area contributed by atoms with E-state index in [4.69, 9.17) is 39.9 Å². The van der Waals surface area contributed by atoms with Gasteiger partial charge in [-0.05, 0) is 25.0 Å². The van der Waals surface area contributed by atoms with E-state index >= 15 is 0 Å². The minimum atomic E-state index is -3.85. The van der Waals surface area contributed by atoms with Gasteiger partial charge in [0.05, 0.1) is 16.7 Å². The van der Waals surface area contributed by atoms with Crippen molar-refractivity contribution < 1.29 is 13.5 Å². The van der Waals surface area contributed by atoms with Crippen LogP contribution in [0.5, 0.6) is 0 Å². The molecule has 0 saturated heterocycles. The van der Waals surface area contributed by atoms with Gasteiger partial charge < -0.3 is 5.11 Å². The Morgan fingerprint density at radius 3 is 2.15 bits per heavy atom. The molecule has 1 fully saturated rings. The fourth-order valence-electron chi connectivity index (χ4n) is 2.16. The molecule has 0 aliphatic heterocycles. The standard InChI is InChI=1S/C12H14Cl3NO3S/c13-8-6-10(14)12(11(15)7-8)20(18,19)16(4-5-17)9-2-1-3-9/h6-7,9,17H,1-5H2. The summed E-state index contributed by atoms with van der Waals surface area (Å²) in [4.78, 5) is -0.148. The average molecular weight is 359 g/mol. The number of sulfonamides is 1. The molecule has 1 saturated carbocycles. The Hall–Kier alpha value is -0.0400. The van der Waals surface area contributed by atoms with Crippen molar-refractivity contribution in [2.24, 2.45) is 0 Å². The molecule has 1 aromatic rings. The molecule has 1 aliphatic carbocycles. The summed E-state index contributed by atoms with van der Waals surface area (Å²) in [6.07, 6.45) is 2.54. The van der Waals surface area contributed by atoms with E-state index in [1.54, 1.807) is 0 Å². The van der Waals surface area contributed by atoms with Crippen LogP contribution in [0, 0.1) is 0 Å². The fraction of sp³-hybridized carbons (Fsp3) is 0.500. The Kier molecular flexibility index (Phi) is 5.21. The topological polar surface area (TPSA) is 57.6 Å². The van der Waals surface area contributed by atoms with Crippen LogP contribution in [0.4, 0.5) is 0 Å². The first-order valence-electron chi connectivity index (χ1n) is 6.15. The molecule has 20 heavy (non-hydrogen) atoms.